The van der Waals surface area contributed by atoms with Gasteiger partial charge in [-0.2, -0.15) is 0 Å². The highest BCUT2D eigenvalue weighted by Crippen LogP contribution is 2.25. The Labute approximate surface area is 150 Å². The molecule has 2 aromatic carbocycles. The van der Waals surface area contributed by atoms with Gasteiger partial charge >= 0.3 is 11.9 Å². The molecule has 0 aromatic heterocycles. The molecule has 0 amide bonds. The third kappa shape index (κ3) is 3.97. The molecule has 0 radical (unpaired) electrons. The Kier molecular flexibility index (Phi) is 5.43. The first kappa shape index (κ1) is 17.8. The molecule has 1 heterocycles. The maximum Gasteiger partial charge on any atom is 0.340 e. The number of ketones is 1. The minimum Gasteiger partial charge on any atom is -0.459 e. The lowest BCUT2D eigenvalue weighted by Crippen LogP contribution is -2.25. The lowest BCUT2D eigenvalue weighted by Gasteiger charge is -2.14. The number of benzene rings is 2. The minimum atomic E-state index is -1.29. The molecule has 3 rings (SSSR count). The average molecular weight is 354 g/mol. The van der Waals surface area contributed by atoms with Crippen LogP contribution in [-0.2, 0) is 19.0 Å². The summed E-state index contributed by atoms with van der Waals surface area (Å²) in [6.07, 6.45) is -1.96. The highest BCUT2D eigenvalue weighted by Gasteiger charge is 2.43. The van der Waals surface area contributed by atoms with Crippen molar-refractivity contribution in [2.24, 2.45) is 5.92 Å². The zero-order valence-electron chi connectivity index (χ0n) is 14.2. The summed E-state index contributed by atoms with van der Waals surface area (Å²) >= 11 is 0. The number of ether oxygens (including phenoxy) is 3. The van der Waals surface area contributed by atoms with Crippen LogP contribution >= 0.6 is 0 Å². The van der Waals surface area contributed by atoms with Gasteiger partial charge in [-0.3, -0.25) is 4.79 Å². The Balaban J connectivity index is 1.56. The Morgan fingerprint density at radius 3 is 2.04 bits per heavy atom. The van der Waals surface area contributed by atoms with Gasteiger partial charge in [-0.1, -0.05) is 43.3 Å². The summed E-state index contributed by atoms with van der Waals surface area (Å²) in [4.78, 5) is 36.3. The fraction of sp³-hybridized carbons (Fsp3) is 0.250. The third-order valence-electron chi connectivity index (χ3n) is 4.15. The van der Waals surface area contributed by atoms with Crippen molar-refractivity contribution in [1.29, 1.82) is 0 Å². The number of carbonyl (C=O) groups excluding carboxylic acids is 3. The van der Waals surface area contributed by atoms with E-state index in [0.717, 1.165) is 0 Å². The molecular weight excluding hydrogens is 336 g/mol. The van der Waals surface area contributed by atoms with E-state index in [1.54, 1.807) is 67.6 Å². The first-order valence-corrected chi connectivity index (χ1v) is 8.23. The van der Waals surface area contributed by atoms with Crippen molar-refractivity contribution < 1.29 is 28.6 Å². The van der Waals surface area contributed by atoms with Gasteiger partial charge in [-0.15, -0.1) is 0 Å². The molecule has 6 heteroatoms. The van der Waals surface area contributed by atoms with E-state index in [0.29, 0.717) is 11.1 Å². The molecule has 0 bridgehead atoms. The number of Topliss-reactive ketones (excluding diaryl/α,β-unsaturated/α-hetero) is 1. The molecule has 2 aromatic rings. The van der Waals surface area contributed by atoms with Crippen LogP contribution in [0.15, 0.2) is 60.7 Å². The Bertz CT molecular complexity index is 786. The second-order valence-electron chi connectivity index (χ2n) is 5.93. The van der Waals surface area contributed by atoms with Gasteiger partial charge in [0.2, 0.25) is 5.78 Å². The van der Waals surface area contributed by atoms with E-state index in [2.05, 4.69) is 0 Å². The summed E-state index contributed by atoms with van der Waals surface area (Å²) in [7, 11) is 0. The molecule has 1 aliphatic rings. The fourth-order valence-corrected chi connectivity index (χ4v) is 2.57. The molecule has 0 saturated carbocycles. The van der Waals surface area contributed by atoms with E-state index in [-0.39, 0.29) is 12.4 Å². The molecular formula is C20H18O6. The highest BCUT2D eigenvalue weighted by molar-refractivity contribution is 5.93. The predicted octanol–water partition coefficient (Wildman–Crippen LogP) is 2.63. The van der Waals surface area contributed by atoms with Gasteiger partial charge in [0, 0.05) is 0 Å². The maximum absolute atomic E-state index is 12.3. The van der Waals surface area contributed by atoms with Crippen molar-refractivity contribution in [3.8, 4) is 0 Å². The number of carbonyl (C=O) groups is 3. The Morgan fingerprint density at radius 2 is 1.46 bits per heavy atom. The zero-order valence-corrected chi connectivity index (χ0v) is 14.2. The van der Waals surface area contributed by atoms with Gasteiger partial charge in [-0.05, 0) is 24.3 Å². The van der Waals surface area contributed by atoms with Crippen molar-refractivity contribution in [2.45, 2.75) is 19.3 Å². The van der Waals surface area contributed by atoms with Crippen LogP contribution in [0.25, 0.3) is 0 Å². The number of hydrogen-bond donors (Lipinski definition) is 0. The minimum absolute atomic E-state index is 0.0972. The summed E-state index contributed by atoms with van der Waals surface area (Å²) < 4.78 is 15.9. The third-order valence-corrected chi connectivity index (χ3v) is 4.15. The molecule has 1 fully saturated rings. The van der Waals surface area contributed by atoms with E-state index in [1.165, 1.54) is 0 Å². The van der Waals surface area contributed by atoms with Gasteiger partial charge in [0.1, 0.15) is 12.7 Å². The van der Waals surface area contributed by atoms with Crippen LogP contribution in [0.2, 0.25) is 0 Å². The zero-order chi connectivity index (χ0) is 18.5. The standard InChI is InChI=1S/C20H18O6/c1-13-16(12-24-18(22)14-8-4-2-5-9-14)25-20(17(13)21)26-19(23)15-10-6-3-7-11-15/h2-11,13,16,20H,12H2,1H3/t13-,16-,20?/m1/s1. The van der Waals surface area contributed by atoms with Crippen LogP contribution in [0.3, 0.4) is 0 Å². The lowest BCUT2D eigenvalue weighted by molar-refractivity contribution is -0.147. The topological polar surface area (TPSA) is 78.9 Å². The molecule has 0 aliphatic carbocycles. The fourth-order valence-electron chi connectivity index (χ4n) is 2.57. The van der Waals surface area contributed by atoms with Crippen molar-refractivity contribution in [3.63, 3.8) is 0 Å². The Hall–Kier alpha value is -2.99. The molecule has 6 nitrogen and oxygen atoms in total. The highest BCUT2D eigenvalue weighted by atomic mass is 16.7. The van der Waals surface area contributed by atoms with Crippen molar-refractivity contribution in [2.75, 3.05) is 6.61 Å². The van der Waals surface area contributed by atoms with Crippen molar-refractivity contribution in [3.05, 3.63) is 71.8 Å². The van der Waals surface area contributed by atoms with Crippen LogP contribution < -0.4 is 0 Å². The smallest absolute Gasteiger partial charge is 0.340 e. The summed E-state index contributed by atoms with van der Waals surface area (Å²) in [5.74, 6) is -2.04. The van der Waals surface area contributed by atoms with E-state index in [4.69, 9.17) is 14.2 Å². The number of hydrogen-bond acceptors (Lipinski definition) is 6. The second-order valence-corrected chi connectivity index (χ2v) is 5.93. The molecule has 0 spiro atoms. The van der Waals surface area contributed by atoms with E-state index < -0.39 is 30.3 Å². The van der Waals surface area contributed by atoms with Crippen molar-refractivity contribution >= 4 is 17.7 Å². The lowest BCUT2D eigenvalue weighted by atomic mass is 10.0. The second kappa shape index (κ2) is 7.93. The van der Waals surface area contributed by atoms with Crippen LogP contribution in [0, 0.1) is 5.92 Å². The van der Waals surface area contributed by atoms with E-state index >= 15 is 0 Å². The van der Waals surface area contributed by atoms with E-state index in [9.17, 15) is 14.4 Å². The molecule has 134 valence electrons. The number of rotatable bonds is 5. The molecule has 0 N–H and O–H groups in total. The summed E-state index contributed by atoms with van der Waals surface area (Å²) in [6, 6.07) is 16.9. The number of esters is 2. The first-order valence-electron chi connectivity index (χ1n) is 8.23. The van der Waals surface area contributed by atoms with Gasteiger partial charge in [0.05, 0.1) is 17.0 Å². The quantitative estimate of drug-likeness (QED) is 0.768. The van der Waals surface area contributed by atoms with Crippen LogP contribution in [0.5, 0.6) is 0 Å². The molecule has 1 unspecified atom stereocenters. The van der Waals surface area contributed by atoms with Crippen LogP contribution in [0.1, 0.15) is 27.6 Å². The van der Waals surface area contributed by atoms with Crippen molar-refractivity contribution in [1.82, 2.24) is 0 Å². The SMILES string of the molecule is C[C@H]1C(=O)C(OC(=O)c2ccccc2)O[C@@H]1COC(=O)c1ccccc1. The van der Waals surface area contributed by atoms with Gasteiger partial charge in [-0.25, -0.2) is 9.59 Å². The van der Waals surface area contributed by atoms with E-state index in [1.807, 2.05) is 0 Å². The summed E-state index contributed by atoms with van der Waals surface area (Å²) in [6.45, 7) is 1.56. The predicted molar refractivity (Wildman–Crippen MR) is 91.4 cm³/mol. The summed E-state index contributed by atoms with van der Waals surface area (Å²) in [5.41, 5.74) is 0.743. The first-order chi connectivity index (χ1) is 12.6. The maximum atomic E-state index is 12.3. The van der Waals surface area contributed by atoms with Gasteiger partial charge < -0.3 is 14.2 Å². The molecule has 1 aliphatic heterocycles. The molecule has 1 saturated heterocycles. The molecule has 26 heavy (non-hydrogen) atoms. The Morgan fingerprint density at radius 1 is 0.923 bits per heavy atom. The van der Waals surface area contributed by atoms with Gasteiger partial charge in [0.25, 0.3) is 6.29 Å². The van der Waals surface area contributed by atoms with Crippen LogP contribution in [-0.4, -0.2) is 36.7 Å². The normalized spacial score (nSPS) is 22.0. The average Bonchev–Trinajstić information content (AvgIpc) is 2.95. The van der Waals surface area contributed by atoms with Gasteiger partial charge in [0.15, 0.2) is 0 Å². The summed E-state index contributed by atoms with van der Waals surface area (Å²) in [5, 5.41) is 0. The van der Waals surface area contributed by atoms with Crippen LogP contribution in [0.4, 0.5) is 0 Å². The largest absolute Gasteiger partial charge is 0.459 e. The monoisotopic (exact) mass is 354 g/mol. The molecule has 3 atom stereocenters.